The molecule has 25 heavy (non-hydrogen) atoms. The summed E-state index contributed by atoms with van der Waals surface area (Å²) in [4.78, 5) is 3.47. The molecule has 0 aliphatic rings. The molecule has 0 saturated heterocycles. The minimum Gasteiger partial charge on any atom is -0.246 e. The lowest BCUT2D eigenvalue weighted by molar-refractivity contribution is 0.504. The van der Waals surface area contributed by atoms with Gasteiger partial charge in [-0.15, -0.1) is 5.10 Å². The molecule has 2 aromatic carbocycles. The Balaban J connectivity index is 1.78. The Kier molecular flexibility index (Phi) is 4.49. The van der Waals surface area contributed by atoms with Crippen molar-refractivity contribution in [3.05, 3.63) is 71.6 Å². The summed E-state index contributed by atoms with van der Waals surface area (Å²) in [7, 11) is -4.12. The normalized spacial score (nSPS) is 11.5. The Labute approximate surface area is 143 Å². The fourth-order valence-corrected chi connectivity index (χ4v) is 3.16. The van der Waals surface area contributed by atoms with Crippen molar-refractivity contribution in [1.29, 1.82) is 0 Å². The molecule has 1 N–H and O–H groups in total. The van der Waals surface area contributed by atoms with E-state index < -0.39 is 26.6 Å². The highest BCUT2D eigenvalue weighted by Gasteiger charge is 2.18. The van der Waals surface area contributed by atoms with Crippen LogP contribution >= 0.6 is 0 Å². The summed E-state index contributed by atoms with van der Waals surface area (Å²) in [5, 5.41) is 4.04. The van der Waals surface area contributed by atoms with E-state index in [0.717, 1.165) is 23.3 Å². The van der Waals surface area contributed by atoms with Crippen molar-refractivity contribution in [3.8, 4) is 0 Å². The molecule has 9 heteroatoms. The number of sulfonamides is 1. The number of nitrogens with one attached hydrogen (secondary N) is 1. The number of halogens is 2. The molecule has 1 aromatic heterocycles. The standard InChI is InChI=1S/C16H14F2N4O2S/c1-11-4-2-3-5-12(11)9-22-10-19-16(20-22)21-25(23,24)13-6-7-14(17)15(18)8-13/h2-8,10H,9H2,1H3,(H,20,21). The van der Waals surface area contributed by atoms with Gasteiger partial charge < -0.3 is 0 Å². The lowest BCUT2D eigenvalue weighted by atomic mass is 10.1. The van der Waals surface area contributed by atoms with E-state index in [-0.39, 0.29) is 5.95 Å². The Hall–Kier alpha value is -2.81. The van der Waals surface area contributed by atoms with Crippen LogP contribution in [0.4, 0.5) is 14.7 Å². The molecule has 1 heterocycles. The van der Waals surface area contributed by atoms with Crippen LogP contribution in [0.1, 0.15) is 11.1 Å². The smallest absolute Gasteiger partial charge is 0.246 e. The molecule has 0 fully saturated rings. The van der Waals surface area contributed by atoms with Crippen LogP contribution in [0.3, 0.4) is 0 Å². The summed E-state index contributed by atoms with van der Waals surface area (Å²) < 4.78 is 54.2. The molecule has 0 aliphatic heterocycles. The number of aromatic nitrogens is 3. The third kappa shape index (κ3) is 3.82. The Morgan fingerprint density at radius 3 is 2.60 bits per heavy atom. The van der Waals surface area contributed by atoms with E-state index in [1.165, 1.54) is 11.0 Å². The SMILES string of the molecule is Cc1ccccc1Cn1cnc(NS(=O)(=O)c2ccc(F)c(F)c2)n1. The van der Waals surface area contributed by atoms with Crippen LogP contribution in [0, 0.1) is 18.6 Å². The topological polar surface area (TPSA) is 76.9 Å². The van der Waals surface area contributed by atoms with Crippen molar-refractivity contribution in [2.45, 2.75) is 18.4 Å². The molecule has 0 radical (unpaired) electrons. The minimum absolute atomic E-state index is 0.154. The van der Waals surface area contributed by atoms with Crippen molar-refractivity contribution in [2.24, 2.45) is 0 Å². The maximum absolute atomic E-state index is 13.2. The largest absolute Gasteiger partial charge is 0.264 e. The van der Waals surface area contributed by atoms with Gasteiger partial charge in [-0.2, -0.15) is 4.98 Å². The van der Waals surface area contributed by atoms with Gasteiger partial charge in [0, 0.05) is 0 Å². The van der Waals surface area contributed by atoms with Crippen LogP contribution < -0.4 is 4.72 Å². The summed E-state index contributed by atoms with van der Waals surface area (Å²) >= 11 is 0. The molecule has 0 atom stereocenters. The van der Waals surface area contributed by atoms with Crippen molar-refractivity contribution >= 4 is 16.0 Å². The first-order valence-electron chi connectivity index (χ1n) is 7.27. The average molecular weight is 364 g/mol. The first kappa shape index (κ1) is 17.0. The van der Waals surface area contributed by atoms with Gasteiger partial charge in [0.25, 0.3) is 16.0 Å². The van der Waals surface area contributed by atoms with Gasteiger partial charge in [-0.25, -0.2) is 26.6 Å². The zero-order chi connectivity index (χ0) is 18.0. The highest BCUT2D eigenvalue weighted by atomic mass is 32.2. The molecule has 130 valence electrons. The van der Waals surface area contributed by atoms with Gasteiger partial charge in [-0.3, -0.25) is 0 Å². The van der Waals surface area contributed by atoms with Gasteiger partial charge in [-0.1, -0.05) is 24.3 Å². The number of rotatable bonds is 5. The summed E-state index contributed by atoms with van der Waals surface area (Å²) in [6.45, 7) is 2.38. The van der Waals surface area contributed by atoms with Crippen molar-refractivity contribution in [3.63, 3.8) is 0 Å². The third-order valence-corrected chi connectivity index (χ3v) is 4.88. The highest BCUT2D eigenvalue weighted by molar-refractivity contribution is 7.92. The molecule has 3 aromatic rings. The van der Waals surface area contributed by atoms with Crippen molar-refractivity contribution in [2.75, 3.05) is 4.72 Å². The molecule has 0 aliphatic carbocycles. The van der Waals surface area contributed by atoms with E-state index >= 15 is 0 Å². The predicted molar refractivity (Wildman–Crippen MR) is 87.5 cm³/mol. The van der Waals surface area contributed by atoms with E-state index in [1.54, 1.807) is 0 Å². The van der Waals surface area contributed by atoms with E-state index in [4.69, 9.17) is 0 Å². The number of nitrogens with zero attached hydrogens (tertiary/aromatic N) is 3. The Morgan fingerprint density at radius 1 is 1.12 bits per heavy atom. The molecule has 6 nitrogen and oxygen atoms in total. The number of hydrogen-bond acceptors (Lipinski definition) is 4. The molecule has 0 amide bonds. The molecule has 0 unspecified atom stereocenters. The maximum atomic E-state index is 13.2. The summed E-state index contributed by atoms with van der Waals surface area (Å²) in [5.74, 6) is -2.53. The summed E-state index contributed by atoms with van der Waals surface area (Å²) in [6, 6.07) is 10.0. The number of hydrogen-bond donors (Lipinski definition) is 1. The van der Waals surface area contributed by atoms with Crippen molar-refractivity contribution < 1.29 is 17.2 Å². The molecule has 0 saturated carbocycles. The van der Waals surface area contributed by atoms with Crippen LogP contribution in [0.5, 0.6) is 0 Å². The van der Waals surface area contributed by atoms with Crippen molar-refractivity contribution in [1.82, 2.24) is 14.8 Å². The van der Waals surface area contributed by atoms with E-state index in [0.29, 0.717) is 12.6 Å². The quantitative estimate of drug-likeness (QED) is 0.755. The summed E-state index contributed by atoms with van der Waals surface area (Å²) in [6.07, 6.45) is 1.38. The monoisotopic (exact) mass is 364 g/mol. The second-order valence-electron chi connectivity index (χ2n) is 5.37. The van der Waals surface area contributed by atoms with E-state index in [2.05, 4.69) is 14.8 Å². The lowest BCUT2D eigenvalue weighted by Gasteiger charge is -2.06. The second kappa shape index (κ2) is 6.60. The van der Waals surface area contributed by atoms with Gasteiger partial charge in [0.1, 0.15) is 6.33 Å². The third-order valence-electron chi connectivity index (χ3n) is 3.56. The van der Waals surface area contributed by atoms with Crippen LogP contribution in [-0.2, 0) is 16.6 Å². The van der Waals surface area contributed by atoms with Crippen LogP contribution in [-0.4, -0.2) is 23.2 Å². The fourth-order valence-electron chi connectivity index (χ4n) is 2.20. The molecular weight excluding hydrogens is 350 g/mol. The van der Waals surface area contributed by atoms with Gasteiger partial charge in [-0.05, 0) is 36.2 Å². The number of anilines is 1. The number of benzene rings is 2. The minimum atomic E-state index is -4.12. The molecule has 0 spiro atoms. The zero-order valence-electron chi connectivity index (χ0n) is 13.1. The van der Waals surface area contributed by atoms with Gasteiger partial charge >= 0.3 is 0 Å². The van der Waals surface area contributed by atoms with E-state index in [9.17, 15) is 17.2 Å². The van der Waals surface area contributed by atoms with Crippen LogP contribution in [0.15, 0.2) is 53.7 Å². The second-order valence-corrected chi connectivity index (χ2v) is 7.06. The van der Waals surface area contributed by atoms with Crippen LogP contribution in [0.2, 0.25) is 0 Å². The fraction of sp³-hybridized carbons (Fsp3) is 0.125. The van der Waals surface area contributed by atoms with Crippen LogP contribution in [0.25, 0.3) is 0 Å². The zero-order valence-corrected chi connectivity index (χ0v) is 14.0. The van der Waals surface area contributed by atoms with Gasteiger partial charge in [0.2, 0.25) is 0 Å². The molecule has 0 bridgehead atoms. The summed E-state index contributed by atoms with van der Waals surface area (Å²) in [5.41, 5.74) is 2.09. The average Bonchev–Trinajstić information content (AvgIpc) is 2.98. The number of aryl methyl sites for hydroxylation is 1. The Morgan fingerprint density at radius 2 is 1.88 bits per heavy atom. The highest BCUT2D eigenvalue weighted by Crippen LogP contribution is 2.16. The molecular formula is C16H14F2N4O2S. The predicted octanol–water partition coefficient (Wildman–Crippen LogP) is 2.71. The first-order valence-corrected chi connectivity index (χ1v) is 8.75. The Bertz CT molecular complexity index is 1020. The first-order chi connectivity index (χ1) is 11.8. The van der Waals surface area contributed by atoms with Gasteiger partial charge in [0.05, 0.1) is 11.4 Å². The van der Waals surface area contributed by atoms with E-state index in [1.807, 2.05) is 31.2 Å². The molecule has 3 rings (SSSR count). The van der Waals surface area contributed by atoms with Gasteiger partial charge in [0.15, 0.2) is 11.6 Å². The lowest BCUT2D eigenvalue weighted by Crippen LogP contribution is -2.15. The maximum Gasteiger partial charge on any atom is 0.264 e.